The van der Waals surface area contributed by atoms with Crippen molar-refractivity contribution in [1.82, 2.24) is 0 Å². The van der Waals surface area contributed by atoms with Gasteiger partial charge in [-0.05, 0) is 35.7 Å². The highest BCUT2D eigenvalue weighted by molar-refractivity contribution is 7.10. The molecule has 4 nitrogen and oxygen atoms in total. The topological polar surface area (TPSA) is 74.6 Å². The van der Waals surface area contributed by atoms with Gasteiger partial charge in [-0.15, -0.1) is 22.7 Å². The maximum atomic E-state index is 11.6. The van der Waals surface area contributed by atoms with Crippen LogP contribution in [0.25, 0.3) is 0 Å². The largest absolute Gasteiger partial charge is 0.480 e. The third-order valence-electron chi connectivity index (χ3n) is 3.25. The van der Waals surface area contributed by atoms with Crippen LogP contribution in [-0.2, 0) is 22.4 Å². The van der Waals surface area contributed by atoms with E-state index in [4.69, 9.17) is 0 Å². The highest BCUT2D eigenvalue weighted by Crippen LogP contribution is 2.32. The minimum absolute atomic E-state index is 0.0285. The van der Waals surface area contributed by atoms with Crippen molar-refractivity contribution in [3.8, 4) is 0 Å². The molecule has 0 saturated carbocycles. The number of carboxylic acids is 2. The second kappa shape index (κ2) is 6.19. The number of hydrogen-bond acceptors (Lipinski definition) is 4. The Morgan fingerprint density at radius 1 is 1.00 bits per heavy atom. The number of carboxylic acid groups (broad SMARTS) is 2. The van der Waals surface area contributed by atoms with Gasteiger partial charge in [-0.25, -0.2) is 0 Å². The fraction of sp³-hybridized carbons (Fsp3) is 0.286. The molecule has 2 rings (SSSR count). The molecule has 0 aliphatic carbocycles. The number of aliphatic carboxylic acids is 2. The second-order valence-electron chi connectivity index (χ2n) is 4.53. The van der Waals surface area contributed by atoms with E-state index in [0.717, 1.165) is 9.75 Å². The summed E-state index contributed by atoms with van der Waals surface area (Å²) in [6.45, 7) is 0. The summed E-state index contributed by atoms with van der Waals surface area (Å²) in [4.78, 5) is 24.9. The molecule has 0 unspecified atom stereocenters. The third-order valence-corrected chi connectivity index (χ3v) is 5.07. The molecule has 0 aliphatic rings. The number of hydrogen-bond donors (Lipinski definition) is 2. The van der Waals surface area contributed by atoms with Gasteiger partial charge in [0.1, 0.15) is 0 Å². The zero-order valence-corrected chi connectivity index (χ0v) is 12.2. The van der Waals surface area contributed by atoms with Crippen molar-refractivity contribution in [3.63, 3.8) is 0 Å². The van der Waals surface area contributed by atoms with Gasteiger partial charge in [-0.3, -0.25) is 9.59 Å². The van der Waals surface area contributed by atoms with Gasteiger partial charge in [0, 0.05) is 16.2 Å². The van der Waals surface area contributed by atoms with Crippen molar-refractivity contribution < 1.29 is 19.8 Å². The molecular weight excluding hydrogens is 296 g/mol. The van der Waals surface area contributed by atoms with Gasteiger partial charge in [0.05, 0.1) is 0 Å². The highest BCUT2D eigenvalue weighted by Gasteiger charge is 2.46. The van der Waals surface area contributed by atoms with Gasteiger partial charge < -0.3 is 10.2 Å². The minimum atomic E-state index is -1.76. The van der Waals surface area contributed by atoms with Crippen LogP contribution >= 0.6 is 22.7 Å². The fourth-order valence-corrected chi connectivity index (χ4v) is 3.57. The fourth-order valence-electron chi connectivity index (χ4n) is 2.05. The van der Waals surface area contributed by atoms with Gasteiger partial charge in [0.2, 0.25) is 0 Å². The molecule has 2 aromatic heterocycles. The molecule has 6 heteroatoms. The Morgan fingerprint density at radius 2 is 1.55 bits per heavy atom. The molecule has 0 atom stereocenters. The summed E-state index contributed by atoms with van der Waals surface area (Å²) < 4.78 is 0. The van der Waals surface area contributed by atoms with Crippen molar-refractivity contribution >= 4 is 34.6 Å². The molecule has 0 aromatic carbocycles. The monoisotopic (exact) mass is 310 g/mol. The van der Waals surface area contributed by atoms with Crippen molar-refractivity contribution in [3.05, 3.63) is 44.8 Å². The van der Waals surface area contributed by atoms with E-state index in [9.17, 15) is 19.8 Å². The molecule has 0 bridgehead atoms. The van der Waals surface area contributed by atoms with Crippen LogP contribution in [0.2, 0.25) is 0 Å². The summed E-state index contributed by atoms with van der Waals surface area (Å²) in [6.07, 6.45) is 0.582. The molecule has 0 saturated heterocycles. The van der Waals surface area contributed by atoms with Crippen LogP contribution < -0.4 is 0 Å². The molecular formula is C14H14O4S2. The van der Waals surface area contributed by atoms with Crippen molar-refractivity contribution in [2.45, 2.75) is 19.3 Å². The molecule has 2 N–H and O–H groups in total. The Morgan fingerprint density at radius 3 is 2.00 bits per heavy atom. The standard InChI is InChI=1S/C14H14O4S2/c15-12(16)14(13(17)18,9-11-4-2-8-20-11)6-5-10-3-1-7-19-10/h1-4,7-8H,5-6,9H2,(H,15,16)(H,17,18). The van der Waals surface area contributed by atoms with Gasteiger partial charge in [0.15, 0.2) is 5.41 Å². The van der Waals surface area contributed by atoms with Gasteiger partial charge in [-0.1, -0.05) is 12.1 Å². The normalized spacial score (nSPS) is 11.4. The lowest BCUT2D eigenvalue weighted by molar-refractivity contribution is -0.165. The van der Waals surface area contributed by atoms with Gasteiger partial charge >= 0.3 is 11.9 Å². The Hall–Kier alpha value is -1.66. The Bertz CT molecular complexity index is 558. The van der Waals surface area contributed by atoms with Crippen LogP contribution in [0.15, 0.2) is 35.0 Å². The Balaban J connectivity index is 2.22. The Kier molecular flexibility index (Phi) is 4.57. The molecule has 2 heterocycles. The van der Waals surface area contributed by atoms with E-state index in [-0.39, 0.29) is 12.8 Å². The molecule has 20 heavy (non-hydrogen) atoms. The first-order chi connectivity index (χ1) is 9.54. The lowest BCUT2D eigenvalue weighted by Gasteiger charge is -2.24. The number of aryl methyl sites for hydroxylation is 1. The first-order valence-electron chi connectivity index (χ1n) is 6.06. The summed E-state index contributed by atoms with van der Waals surface area (Å²) in [5.41, 5.74) is -1.76. The van der Waals surface area contributed by atoms with Crippen LogP contribution in [0.1, 0.15) is 16.2 Å². The average molecular weight is 310 g/mol. The molecule has 0 spiro atoms. The molecule has 0 fully saturated rings. The Labute approximate surface area is 124 Å². The van der Waals surface area contributed by atoms with E-state index in [1.54, 1.807) is 12.1 Å². The summed E-state index contributed by atoms with van der Waals surface area (Å²) in [5.74, 6) is -2.54. The van der Waals surface area contributed by atoms with Crippen molar-refractivity contribution in [2.24, 2.45) is 5.41 Å². The SMILES string of the molecule is O=C(O)C(CCc1cccs1)(Cc1cccs1)C(=O)O. The molecule has 0 amide bonds. The van der Waals surface area contributed by atoms with E-state index < -0.39 is 17.4 Å². The predicted octanol–water partition coefficient (Wildman–Crippen LogP) is 3.14. The van der Waals surface area contributed by atoms with E-state index in [0.29, 0.717) is 6.42 Å². The van der Waals surface area contributed by atoms with Crippen LogP contribution in [0.4, 0.5) is 0 Å². The van der Waals surface area contributed by atoms with Crippen LogP contribution in [0.3, 0.4) is 0 Å². The lowest BCUT2D eigenvalue weighted by atomic mass is 9.79. The first-order valence-corrected chi connectivity index (χ1v) is 7.82. The van der Waals surface area contributed by atoms with Gasteiger partial charge in [-0.2, -0.15) is 0 Å². The van der Waals surface area contributed by atoms with E-state index in [1.807, 2.05) is 22.9 Å². The predicted molar refractivity (Wildman–Crippen MR) is 78.4 cm³/mol. The maximum absolute atomic E-state index is 11.6. The van der Waals surface area contributed by atoms with E-state index >= 15 is 0 Å². The first kappa shape index (κ1) is 14.7. The lowest BCUT2D eigenvalue weighted by Crippen LogP contribution is -2.41. The zero-order valence-electron chi connectivity index (χ0n) is 10.6. The summed E-state index contributed by atoms with van der Waals surface area (Å²) in [7, 11) is 0. The summed E-state index contributed by atoms with van der Waals surface area (Å²) >= 11 is 2.90. The molecule has 0 radical (unpaired) electrons. The van der Waals surface area contributed by atoms with Crippen molar-refractivity contribution in [2.75, 3.05) is 0 Å². The van der Waals surface area contributed by atoms with E-state index in [1.165, 1.54) is 22.7 Å². The van der Waals surface area contributed by atoms with E-state index in [2.05, 4.69) is 0 Å². The minimum Gasteiger partial charge on any atom is -0.480 e. The molecule has 106 valence electrons. The highest BCUT2D eigenvalue weighted by atomic mass is 32.1. The second-order valence-corrected chi connectivity index (χ2v) is 6.59. The maximum Gasteiger partial charge on any atom is 0.321 e. The number of carbonyl (C=O) groups is 2. The summed E-state index contributed by atoms with van der Waals surface area (Å²) in [5, 5.41) is 22.6. The molecule has 0 aliphatic heterocycles. The third kappa shape index (κ3) is 3.08. The summed E-state index contributed by atoms with van der Waals surface area (Å²) in [6, 6.07) is 7.34. The molecule has 2 aromatic rings. The van der Waals surface area contributed by atoms with Crippen LogP contribution in [-0.4, -0.2) is 22.2 Å². The van der Waals surface area contributed by atoms with Crippen LogP contribution in [0.5, 0.6) is 0 Å². The van der Waals surface area contributed by atoms with Crippen LogP contribution in [0, 0.1) is 5.41 Å². The average Bonchev–Trinajstić information content (AvgIpc) is 3.07. The number of thiophene rings is 2. The quantitative estimate of drug-likeness (QED) is 0.770. The van der Waals surface area contributed by atoms with Gasteiger partial charge in [0.25, 0.3) is 0 Å². The zero-order chi connectivity index (χ0) is 14.6. The number of rotatable bonds is 7. The van der Waals surface area contributed by atoms with Crippen molar-refractivity contribution in [1.29, 1.82) is 0 Å². The smallest absolute Gasteiger partial charge is 0.321 e.